The van der Waals surface area contributed by atoms with Crippen molar-refractivity contribution in [2.45, 2.75) is 78.8 Å². The molecule has 0 saturated heterocycles. The van der Waals surface area contributed by atoms with Crippen molar-refractivity contribution < 1.29 is 4.79 Å². The SMILES string of the molecule is CC(C)(C)CC(C)(C)NC(=O)CCC(C)(C)N. The van der Waals surface area contributed by atoms with Crippen molar-refractivity contribution in [3.05, 3.63) is 0 Å². The van der Waals surface area contributed by atoms with Crippen LogP contribution in [0.15, 0.2) is 0 Å². The smallest absolute Gasteiger partial charge is 0.220 e. The monoisotopic (exact) mass is 242 g/mol. The van der Waals surface area contributed by atoms with Crippen LogP contribution >= 0.6 is 0 Å². The van der Waals surface area contributed by atoms with E-state index in [9.17, 15) is 4.79 Å². The number of nitrogens with two attached hydrogens (primary N) is 1. The molecule has 0 aliphatic carbocycles. The lowest BCUT2D eigenvalue weighted by atomic mass is 9.81. The third-order valence-corrected chi connectivity index (χ3v) is 2.45. The van der Waals surface area contributed by atoms with E-state index in [2.05, 4.69) is 39.9 Å². The van der Waals surface area contributed by atoms with E-state index in [0.717, 1.165) is 6.42 Å². The fraction of sp³-hybridized carbons (Fsp3) is 0.929. The first kappa shape index (κ1) is 16.4. The second-order valence-corrected chi connectivity index (χ2v) is 7.66. The minimum absolute atomic E-state index is 0.0952. The number of amides is 1. The standard InChI is InChI=1S/C14H30N2O/c1-12(2,3)10-14(6,7)16-11(17)8-9-13(4,5)15/h8-10,15H2,1-7H3,(H,16,17). The van der Waals surface area contributed by atoms with Crippen molar-refractivity contribution >= 4 is 5.91 Å². The summed E-state index contributed by atoms with van der Waals surface area (Å²) in [5.41, 5.74) is 5.65. The van der Waals surface area contributed by atoms with Crippen molar-refractivity contribution in [3.8, 4) is 0 Å². The lowest BCUT2D eigenvalue weighted by Crippen LogP contribution is -2.46. The Morgan fingerprint density at radius 2 is 1.53 bits per heavy atom. The van der Waals surface area contributed by atoms with Gasteiger partial charge in [-0.3, -0.25) is 4.79 Å². The quantitative estimate of drug-likeness (QED) is 0.779. The molecule has 0 aromatic heterocycles. The molecule has 3 N–H and O–H groups in total. The van der Waals surface area contributed by atoms with Gasteiger partial charge in [0.05, 0.1) is 0 Å². The van der Waals surface area contributed by atoms with Crippen LogP contribution in [-0.2, 0) is 4.79 Å². The van der Waals surface area contributed by atoms with Gasteiger partial charge in [-0.1, -0.05) is 20.8 Å². The van der Waals surface area contributed by atoms with E-state index in [0.29, 0.717) is 12.8 Å². The maximum atomic E-state index is 11.8. The lowest BCUT2D eigenvalue weighted by Gasteiger charge is -2.33. The minimum atomic E-state index is -0.272. The highest BCUT2D eigenvalue weighted by Crippen LogP contribution is 2.26. The molecule has 1 amide bonds. The molecule has 0 fully saturated rings. The van der Waals surface area contributed by atoms with Crippen molar-refractivity contribution in [1.29, 1.82) is 0 Å². The number of rotatable bonds is 5. The topological polar surface area (TPSA) is 55.1 Å². The van der Waals surface area contributed by atoms with Gasteiger partial charge in [-0.25, -0.2) is 0 Å². The molecule has 0 radical (unpaired) electrons. The van der Waals surface area contributed by atoms with Crippen LogP contribution in [0.3, 0.4) is 0 Å². The zero-order valence-electron chi connectivity index (χ0n) is 12.6. The Morgan fingerprint density at radius 1 is 1.06 bits per heavy atom. The first-order chi connectivity index (χ1) is 7.31. The molecule has 0 aromatic rings. The van der Waals surface area contributed by atoms with E-state index in [-0.39, 0.29) is 22.4 Å². The summed E-state index contributed by atoms with van der Waals surface area (Å²) in [7, 11) is 0. The van der Waals surface area contributed by atoms with E-state index in [1.807, 2.05) is 13.8 Å². The molecule has 0 bridgehead atoms. The van der Waals surface area contributed by atoms with Gasteiger partial charge >= 0.3 is 0 Å². The molecule has 3 nitrogen and oxygen atoms in total. The first-order valence-corrected chi connectivity index (χ1v) is 6.41. The molecule has 0 spiro atoms. The molecular weight excluding hydrogens is 212 g/mol. The molecule has 0 aromatic carbocycles. The molecule has 0 aliphatic rings. The number of carbonyl (C=O) groups excluding carboxylic acids is 1. The third-order valence-electron chi connectivity index (χ3n) is 2.45. The second kappa shape index (κ2) is 5.38. The average molecular weight is 242 g/mol. The van der Waals surface area contributed by atoms with Gasteiger partial charge in [0.2, 0.25) is 5.91 Å². The van der Waals surface area contributed by atoms with Gasteiger partial charge < -0.3 is 11.1 Å². The molecule has 17 heavy (non-hydrogen) atoms. The summed E-state index contributed by atoms with van der Waals surface area (Å²) in [6.45, 7) is 14.6. The zero-order valence-corrected chi connectivity index (χ0v) is 12.6. The third kappa shape index (κ3) is 10.3. The maximum absolute atomic E-state index is 11.8. The van der Waals surface area contributed by atoms with Gasteiger partial charge in [-0.15, -0.1) is 0 Å². The molecular formula is C14H30N2O. The largest absolute Gasteiger partial charge is 0.351 e. The molecule has 3 heteroatoms. The molecule has 0 saturated carbocycles. The Balaban J connectivity index is 4.19. The summed E-state index contributed by atoms with van der Waals surface area (Å²) < 4.78 is 0. The lowest BCUT2D eigenvalue weighted by molar-refractivity contribution is -0.123. The van der Waals surface area contributed by atoms with Crippen LogP contribution in [0.25, 0.3) is 0 Å². The van der Waals surface area contributed by atoms with E-state index in [4.69, 9.17) is 5.73 Å². The predicted octanol–water partition coefficient (Wildman–Crippen LogP) is 2.83. The number of hydrogen-bond acceptors (Lipinski definition) is 2. The molecule has 0 heterocycles. The second-order valence-electron chi connectivity index (χ2n) is 7.66. The fourth-order valence-electron chi connectivity index (χ4n) is 2.25. The van der Waals surface area contributed by atoms with Crippen molar-refractivity contribution in [3.63, 3.8) is 0 Å². The van der Waals surface area contributed by atoms with E-state index in [1.165, 1.54) is 0 Å². The molecule has 102 valence electrons. The van der Waals surface area contributed by atoms with Gasteiger partial charge in [0.1, 0.15) is 0 Å². The van der Waals surface area contributed by atoms with E-state index >= 15 is 0 Å². The van der Waals surface area contributed by atoms with Gasteiger partial charge in [-0.2, -0.15) is 0 Å². The van der Waals surface area contributed by atoms with Crippen LogP contribution in [0.5, 0.6) is 0 Å². The number of carbonyl (C=O) groups is 1. The Bertz CT molecular complexity index is 256. The number of nitrogens with one attached hydrogen (secondary N) is 1. The summed E-state index contributed by atoms with van der Waals surface area (Å²) in [6, 6.07) is 0. The van der Waals surface area contributed by atoms with E-state index in [1.54, 1.807) is 0 Å². The van der Waals surface area contributed by atoms with Crippen molar-refractivity contribution in [2.75, 3.05) is 0 Å². The van der Waals surface area contributed by atoms with Crippen molar-refractivity contribution in [2.24, 2.45) is 11.1 Å². The molecule has 0 atom stereocenters. The average Bonchev–Trinajstić information content (AvgIpc) is 1.93. The van der Waals surface area contributed by atoms with Crippen LogP contribution in [0.4, 0.5) is 0 Å². The maximum Gasteiger partial charge on any atom is 0.220 e. The summed E-state index contributed by atoms with van der Waals surface area (Å²) in [4.78, 5) is 11.8. The minimum Gasteiger partial charge on any atom is -0.351 e. The molecule has 0 rings (SSSR count). The van der Waals surface area contributed by atoms with Gasteiger partial charge in [0.25, 0.3) is 0 Å². The molecule has 0 unspecified atom stereocenters. The number of hydrogen-bond donors (Lipinski definition) is 2. The Morgan fingerprint density at radius 3 is 1.88 bits per heavy atom. The van der Waals surface area contributed by atoms with Crippen LogP contribution in [0.2, 0.25) is 0 Å². The van der Waals surface area contributed by atoms with Crippen LogP contribution in [0.1, 0.15) is 67.7 Å². The predicted molar refractivity (Wildman–Crippen MR) is 73.8 cm³/mol. The van der Waals surface area contributed by atoms with Crippen LogP contribution in [0, 0.1) is 5.41 Å². The summed E-state index contributed by atoms with van der Waals surface area (Å²) >= 11 is 0. The first-order valence-electron chi connectivity index (χ1n) is 6.41. The highest BCUT2D eigenvalue weighted by molar-refractivity contribution is 5.76. The van der Waals surface area contributed by atoms with E-state index < -0.39 is 0 Å². The molecule has 0 aliphatic heterocycles. The van der Waals surface area contributed by atoms with Crippen LogP contribution < -0.4 is 11.1 Å². The van der Waals surface area contributed by atoms with Crippen molar-refractivity contribution in [1.82, 2.24) is 5.32 Å². The Kier molecular flexibility index (Phi) is 5.20. The normalized spacial score (nSPS) is 13.6. The van der Waals surface area contributed by atoms with Gasteiger partial charge in [-0.05, 0) is 46.0 Å². The highest BCUT2D eigenvalue weighted by Gasteiger charge is 2.27. The zero-order chi connectivity index (χ0) is 13.9. The summed E-state index contributed by atoms with van der Waals surface area (Å²) in [5.74, 6) is 0.0952. The Hall–Kier alpha value is -0.570. The van der Waals surface area contributed by atoms with Gasteiger partial charge in [0, 0.05) is 17.5 Å². The highest BCUT2D eigenvalue weighted by atomic mass is 16.1. The van der Waals surface area contributed by atoms with Crippen LogP contribution in [-0.4, -0.2) is 17.0 Å². The Labute approximate surface area is 107 Å². The van der Waals surface area contributed by atoms with Gasteiger partial charge in [0.15, 0.2) is 0 Å². The summed E-state index contributed by atoms with van der Waals surface area (Å²) in [5, 5.41) is 3.09. The fourth-order valence-corrected chi connectivity index (χ4v) is 2.25. The summed E-state index contributed by atoms with van der Waals surface area (Å²) in [6.07, 6.45) is 2.17.